The molecule has 0 bridgehead atoms. The maximum atomic E-state index is 12.9. The van der Waals surface area contributed by atoms with E-state index in [0.29, 0.717) is 11.8 Å². The molecule has 2 aliphatic rings. The second-order valence-electron chi connectivity index (χ2n) is 8.21. The van der Waals surface area contributed by atoms with Crippen molar-refractivity contribution in [1.82, 2.24) is 9.80 Å². The smallest absolute Gasteiger partial charge is 0.225 e. The van der Waals surface area contributed by atoms with E-state index in [0.717, 1.165) is 58.3 Å². The standard InChI is InChI=1S/C22H32N2O2/c1-17(2)21(25)23-14-10-20(11-15-23)22(26)24-12-8-19(9-13-24)16-18-6-4-3-5-7-18/h3-7,17,19-20H,8-16H2,1-2H3. The lowest BCUT2D eigenvalue weighted by molar-refractivity contribution is -0.143. The number of rotatable bonds is 4. The van der Waals surface area contributed by atoms with E-state index in [4.69, 9.17) is 0 Å². The van der Waals surface area contributed by atoms with Crippen molar-refractivity contribution in [3.63, 3.8) is 0 Å². The van der Waals surface area contributed by atoms with E-state index in [-0.39, 0.29) is 17.7 Å². The molecule has 2 fully saturated rings. The van der Waals surface area contributed by atoms with Gasteiger partial charge in [-0.15, -0.1) is 0 Å². The first-order valence-corrected chi connectivity index (χ1v) is 10.2. The van der Waals surface area contributed by atoms with E-state index >= 15 is 0 Å². The maximum Gasteiger partial charge on any atom is 0.225 e. The molecule has 2 heterocycles. The van der Waals surface area contributed by atoms with Gasteiger partial charge in [-0.2, -0.15) is 0 Å². The molecule has 1 aromatic rings. The lowest BCUT2D eigenvalue weighted by Gasteiger charge is -2.37. The SMILES string of the molecule is CC(C)C(=O)N1CCC(C(=O)N2CCC(Cc3ccccc3)CC2)CC1. The fraction of sp³-hybridized carbons (Fsp3) is 0.636. The highest BCUT2D eigenvalue weighted by Crippen LogP contribution is 2.26. The highest BCUT2D eigenvalue weighted by molar-refractivity contribution is 5.81. The second-order valence-corrected chi connectivity index (χ2v) is 8.21. The van der Waals surface area contributed by atoms with Crippen LogP contribution in [0.2, 0.25) is 0 Å². The molecule has 2 saturated heterocycles. The van der Waals surface area contributed by atoms with Gasteiger partial charge in [-0.1, -0.05) is 44.2 Å². The van der Waals surface area contributed by atoms with Crippen molar-refractivity contribution in [2.24, 2.45) is 17.8 Å². The third-order valence-electron chi connectivity index (χ3n) is 5.94. The molecule has 0 atom stereocenters. The monoisotopic (exact) mass is 356 g/mol. The summed E-state index contributed by atoms with van der Waals surface area (Å²) in [7, 11) is 0. The predicted octanol–water partition coefficient (Wildman–Crippen LogP) is 3.36. The molecule has 4 nitrogen and oxygen atoms in total. The van der Waals surface area contributed by atoms with E-state index in [9.17, 15) is 9.59 Å². The molecule has 0 saturated carbocycles. The highest BCUT2D eigenvalue weighted by atomic mass is 16.2. The van der Waals surface area contributed by atoms with Gasteiger partial charge < -0.3 is 9.80 Å². The Balaban J connectivity index is 1.43. The van der Waals surface area contributed by atoms with Gasteiger partial charge in [0.05, 0.1) is 0 Å². The summed E-state index contributed by atoms with van der Waals surface area (Å²) in [6.45, 7) is 7.14. The van der Waals surface area contributed by atoms with E-state index in [1.807, 2.05) is 18.7 Å². The summed E-state index contributed by atoms with van der Waals surface area (Å²) in [4.78, 5) is 29.0. The highest BCUT2D eigenvalue weighted by Gasteiger charge is 2.32. The average Bonchev–Trinajstić information content (AvgIpc) is 2.68. The minimum atomic E-state index is 0.0471. The molecule has 2 aliphatic heterocycles. The van der Waals surface area contributed by atoms with Gasteiger partial charge in [-0.25, -0.2) is 0 Å². The fourth-order valence-electron chi connectivity index (χ4n) is 4.28. The molecule has 0 spiro atoms. The van der Waals surface area contributed by atoms with Crippen LogP contribution in [-0.2, 0) is 16.0 Å². The number of benzene rings is 1. The zero-order valence-corrected chi connectivity index (χ0v) is 16.2. The molecule has 0 aromatic heterocycles. The molecule has 0 aliphatic carbocycles. The van der Waals surface area contributed by atoms with Crippen molar-refractivity contribution in [2.45, 2.75) is 46.0 Å². The van der Waals surface area contributed by atoms with Crippen LogP contribution in [0.4, 0.5) is 0 Å². The van der Waals surface area contributed by atoms with Crippen LogP contribution in [0.3, 0.4) is 0 Å². The van der Waals surface area contributed by atoms with Crippen molar-refractivity contribution in [2.75, 3.05) is 26.2 Å². The Kier molecular flexibility index (Phi) is 6.33. The van der Waals surface area contributed by atoms with Crippen molar-refractivity contribution >= 4 is 11.8 Å². The lowest BCUT2D eigenvalue weighted by atomic mass is 9.88. The topological polar surface area (TPSA) is 40.6 Å². The fourth-order valence-corrected chi connectivity index (χ4v) is 4.28. The van der Waals surface area contributed by atoms with Crippen LogP contribution >= 0.6 is 0 Å². The quantitative estimate of drug-likeness (QED) is 0.830. The molecule has 0 N–H and O–H groups in total. The molecule has 142 valence electrons. The number of amides is 2. The van der Waals surface area contributed by atoms with Gasteiger partial charge >= 0.3 is 0 Å². The van der Waals surface area contributed by atoms with Crippen LogP contribution in [0.25, 0.3) is 0 Å². The van der Waals surface area contributed by atoms with Crippen LogP contribution in [0, 0.1) is 17.8 Å². The first-order chi connectivity index (χ1) is 12.5. The zero-order chi connectivity index (χ0) is 18.5. The minimum absolute atomic E-state index is 0.0471. The number of hydrogen-bond acceptors (Lipinski definition) is 2. The third kappa shape index (κ3) is 4.66. The second kappa shape index (κ2) is 8.70. The minimum Gasteiger partial charge on any atom is -0.342 e. The summed E-state index contributed by atoms with van der Waals surface area (Å²) in [6.07, 6.45) is 4.97. The molecule has 0 radical (unpaired) electrons. The number of likely N-dealkylation sites (tertiary alicyclic amines) is 2. The molecule has 3 rings (SSSR count). The van der Waals surface area contributed by atoms with Crippen LogP contribution in [-0.4, -0.2) is 47.8 Å². The Labute approximate surface area is 157 Å². The van der Waals surface area contributed by atoms with Crippen LogP contribution in [0.1, 0.15) is 45.1 Å². The number of nitrogens with zero attached hydrogens (tertiary/aromatic N) is 2. The first kappa shape index (κ1) is 18.9. The van der Waals surface area contributed by atoms with Gasteiger partial charge in [0, 0.05) is 38.0 Å². The summed E-state index contributed by atoms with van der Waals surface area (Å²) >= 11 is 0. The molecular weight excluding hydrogens is 324 g/mol. The van der Waals surface area contributed by atoms with E-state index < -0.39 is 0 Å². The largest absolute Gasteiger partial charge is 0.342 e. The number of carbonyl (C=O) groups excluding carboxylic acids is 2. The third-order valence-corrected chi connectivity index (χ3v) is 5.94. The van der Waals surface area contributed by atoms with E-state index in [1.165, 1.54) is 5.56 Å². The van der Waals surface area contributed by atoms with Gasteiger partial charge in [0.2, 0.25) is 11.8 Å². The molecular formula is C22H32N2O2. The van der Waals surface area contributed by atoms with Crippen molar-refractivity contribution < 1.29 is 9.59 Å². The van der Waals surface area contributed by atoms with Gasteiger partial charge in [0.1, 0.15) is 0 Å². The normalized spacial score (nSPS) is 19.8. The Bertz CT molecular complexity index is 598. The molecule has 2 amide bonds. The number of hydrogen-bond donors (Lipinski definition) is 0. The van der Waals surface area contributed by atoms with Crippen LogP contribution in [0.5, 0.6) is 0 Å². The summed E-state index contributed by atoms with van der Waals surface area (Å²) in [5.74, 6) is 1.38. The Morgan fingerprint density at radius 2 is 1.50 bits per heavy atom. The molecule has 1 aromatic carbocycles. The van der Waals surface area contributed by atoms with Crippen LogP contribution < -0.4 is 0 Å². The summed E-state index contributed by atoms with van der Waals surface area (Å²) in [5, 5.41) is 0. The Morgan fingerprint density at radius 1 is 0.923 bits per heavy atom. The van der Waals surface area contributed by atoms with Gasteiger partial charge in [-0.05, 0) is 43.6 Å². The zero-order valence-electron chi connectivity index (χ0n) is 16.2. The average molecular weight is 357 g/mol. The molecule has 0 unspecified atom stereocenters. The van der Waals surface area contributed by atoms with Crippen molar-refractivity contribution in [3.8, 4) is 0 Å². The van der Waals surface area contributed by atoms with Crippen LogP contribution in [0.15, 0.2) is 30.3 Å². The lowest BCUT2D eigenvalue weighted by Crippen LogP contribution is -2.47. The number of carbonyl (C=O) groups is 2. The summed E-state index contributed by atoms with van der Waals surface area (Å²) in [5.41, 5.74) is 1.40. The first-order valence-electron chi connectivity index (χ1n) is 10.2. The van der Waals surface area contributed by atoms with Gasteiger partial charge in [0.25, 0.3) is 0 Å². The van der Waals surface area contributed by atoms with E-state index in [1.54, 1.807) is 0 Å². The van der Waals surface area contributed by atoms with Gasteiger partial charge in [0.15, 0.2) is 0 Å². The van der Waals surface area contributed by atoms with E-state index in [2.05, 4.69) is 35.2 Å². The summed E-state index contributed by atoms with van der Waals surface area (Å²) < 4.78 is 0. The molecule has 26 heavy (non-hydrogen) atoms. The predicted molar refractivity (Wildman–Crippen MR) is 104 cm³/mol. The summed E-state index contributed by atoms with van der Waals surface area (Å²) in [6, 6.07) is 10.7. The van der Waals surface area contributed by atoms with Crippen molar-refractivity contribution in [3.05, 3.63) is 35.9 Å². The number of piperidine rings is 2. The molecule has 4 heteroatoms. The maximum absolute atomic E-state index is 12.9. The van der Waals surface area contributed by atoms with Crippen molar-refractivity contribution in [1.29, 1.82) is 0 Å². The Morgan fingerprint density at radius 3 is 2.08 bits per heavy atom. The Hall–Kier alpha value is -1.84. The van der Waals surface area contributed by atoms with Gasteiger partial charge in [-0.3, -0.25) is 9.59 Å².